The van der Waals surface area contributed by atoms with Gasteiger partial charge in [0.25, 0.3) is 5.91 Å². The smallest absolute Gasteiger partial charge is 0.251 e. The Morgan fingerprint density at radius 3 is 2.29 bits per heavy atom. The molecule has 0 N–H and O–H groups in total. The molecule has 28 heavy (non-hydrogen) atoms. The van der Waals surface area contributed by atoms with E-state index in [9.17, 15) is 4.79 Å². The topological polar surface area (TPSA) is 47.4 Å². The number of imidazole rings is 1. The fraction of sp³-hybridized carbons (Fsp3) is 0.304. The van der Waals surface area contributed by atoms with Gasteiger partial charge in [0.2, 0.25) is 0 Å². The van der Waals surface area contributed by atoms with Gasteiger partial charge in [-0.05, 0) is 49.9 Å². The maximum Gasteiger partial charge on any atom is 0.251 e. The van der Waals surface area contributed by atoms with Gasteiger partial charge >= 0.3 is 0 Å². The Hall–Kier alpha value is -2.92. The van der Waals surface area contributed by atoms with Crippen LogP contribution in [0.15, 0.2) is 60.9 Å². The van der Waals surface area contributed by atoms with E-state index in [-0.39, 0.29) is 18.6 Å². The summed E-state index contributed by atoms with van der Waals surface area (Å²) in [5.41, 5.74) is 4.33. The number of fused-ring (bicyclic) bond motifs is 2. The molecule has 5 heteroatoms. The molecule has 0 fully saturated rings. The van der Waals surface area contributed by atoms with Crippen LogP contribution in [0.5, 0.6) is 0 Å². The Bertz CT molecular complexity index is 932. The Kier molecular flexibility index (Phi) is 5.26. The number of amides is 1. The highest BCUT2D eigenvalue weighted by Gasteiger charge is 2.26. The van der Waals surface area contributed by atoms with Crippen LogP contribution in [0.3, 0.4) is 0 Å². The molecule has 1 unspecified atom stereocenters. The van der Waals surface area contributed by atoms with Crippen molar-refractivity contribution in [1.29, 1.82) is 0 Å². The molecule has 2 aromatic carbocycles. The van der Waals surface area contributed by atoms with Gasteiger partial charge in [0.15, 0.2) is 0 Å². The van der Waals surface area contributed by atoms with Gasteiger partial charge in [0.05, 0.1) is 11.4 Å². The van der Waals surface area contributed by atoms with Crippen LogP contribution in [-0.4, -0.2) is 22.1 Å². The van der Waals surface area contributed by atoms with E-state index in [0.29, 0.717) is 6.61 Å². The van der Waals surface area contributed by atoms with Gasteiger partial charge in [-0.1, -0.05) is 36.4 Å². The van der Waals surface area contributed by atoms with Crippen LogP contribution >= 0.6 is 0 Å². The minimum atomic E-state index is -0.156. The molecule has 1 aliphatic rings. The zero-order chi connectivity index (χ0) is 19.5. The molecule has 0 saturated heterocycles. The fourth-order valence-corrected chi connectivity index (χ4v) is 3.90. The molecule has 0 aliphatic carbocycles. The highest BCUT2D eigenvalue weighted by Crippen LogP contribution is 2.36. The first-order valence-corrected chi connectivity index (χ1v) is 9.80. The molecule has 0 bridgehead atoms. The summed E-state index contributed by atoms with van der Waals surface area (Å²) in [7, 11) is 0. The molecule has 2 heterocycles. The average Bonchev–Trinajstić information content (AvgIpc) is 3.09. The lowest BCUT2D eigenvalue weighted by molar-refractivity contribution is -0.118. The summed E-state index contributed by atoms with van der Waals surface area (Å²) in [6, 6.07) is 16.4. The summed E-state index contributed by atoms with van der Waals surface area (Å²) >= 11 is 0. The number of carbonyl (C=O) groups excluding carboxylic acids is 1. The fourth-order valence-electron chi connectivity index (χ4n) is 3.90. The molecule has 3 aromatic rings. The van der Waals surface area contributed by atoms with E-state index in [1.54, 1.807) is 6.20 Å². The van der Waals surface area contributed by atoms with Crippen LogP contribution in [0.4, 0.5) is 11.4 Å². The lowest BCUT2D eigenvalue weighted by atomic mass is 10.0. The summed E-state index contributed by atoms with van der Waals surface area (Å²) < 4.78 is 7.57. The number of ether oxygens (including phenoxy) is 1. The maximum absolute atomic E-state index is 13.5. The summed E-state index contributed by atoms with van der Waals surface area (Å²) in [6.45, 7) is 4.74. The second-order valence-corrected chi connectivity index (χ2v) is 7.00. The molecule has 1 atom stereocenters. The third kappa shape index (κ3) is 3.45. The van der Waals surface area contributed by atoms with E-state index in [4.69, 9.17) is 4.74 Å². The quantitative estimate of drug-likeness (QED) is 0.662. The predicted molar refractivity (Wildman–Crippen MR) is 110 cm³/mol. The maximum atomic E-state index is 13.5. The molecule has 4 rings (SSSR count). The minimum absolute atomic E-state index is 0.0183. The van der Waals surface area contributed by atoms with E-state index < -0.39 is 0 Å². The molecule has 1 aromatic heterocycles. The van der Waals surface area contributed by atoms with Gasteiger partial charge in [-0.2, -0.15) is 0 Å². The molecule has 1 aliphatic heterocycles. The Morgan fingerprint density at radius 2 is 1.68 bits per heavy atom. The van der Waals surface area contributed by atoms with Crippen LogP contribution in [0.25, 0.3) is 0 Å². The van der Waals surface area contributed by atoms with Crippen LogP contribution in [-0.2, 0) is 28.9 Å². The number of hydrogen-bond acceptors (Lipinski definition) is 3. The van der Waals surface area contributed by atoms with E-state index in [2.05, 4.69) is 17.1 Å². The van der Waals surface area contributed by atoms with Crippen molar-refractivity contribution in [2.24, 2.45) is 0 Å². The molecule has 1 amide bonds. The van der Waals surface area contributed by atoms with Gasteiger partial charge in [-0.3, -0.25) is 9.69 Å². The van der Waals surface area contributed by atoms with Crippen molar-refractivity contribution in [3.8, 4) is 0 Å². The van der Waals surface area contributed by atoms with Crippen LogP contribution < -0.4 is 4.90 Å². The Labute approximate surface area is 165 Å². The van der Waals surface area contributed by atoms with Crippen LogP contribution in [0, 0.1) is 0 Å². The number of aromatic nitrogens is 2. The molecule has 0 saturated carbocycles. The van der Waals surface area contributed by atoms with Crippen molar-refractivity contribution in [3.63, 3.8) is 0 Å². The molecular formula is C23H25N3O2. The Balaban J connectivity index is 1.71. The van der Waals surface area contributed by atoms with Gasteiger partial charge in [-0.15, -0.1) is 0 Å². The molecule has 0 spiro atoms. The van der Waals surface area contributed by atoms with Gasteiger partial charge < -0.3 is 9.30 Å². The second kappa shape index (κ2) is 7.98. The number of hydrogen-bond donors (Lipinski definition) is 0. The largest absolute Gasteiger partial charge is 0.371 e. The van der Waals surface area contributed by atoms with Crippen molar-refractivity contribution in [2.45, 2.75) is 39.3 Å². The minimum Gasteiger partial charge on any atom is -0.371 e. The van der Waals surface area contributed by atoms with Gasteiger partial charge in [-0.25, -0.2) is 4.98 Å². The zero-order valence-electron chi connectivity index (χ0n) is 16.3. The summed E-state index contributed by atoms with van der Waals surface area (Å²) in [6.07, 6.45) is 5.26. The molecule has 5 nitrogen and oxygen atoms in total. The van der Waals surface area contributed by atoms with Crippen molar-refractivity contribution in [1.82, 2.24) is 9.55 Å². The predicted octanol–water partition coefficient (Wildman–Crippen LogP) is 4.44. The number of anilines is 2. The monoisotopic (exact) mass is 375 g/mol. The Morgan fingerprint density at radius 1 is 1.07 bits per heavy atom. The summed E-state index contributed by atoms with van der Waals surface area (Å²) in [5, 5.41) is 0. The lowest BCUT2D eigenvalue weighted by Gasteiger charge is -2.26. The highest BCUT2D eigenvalue weighted by molar-refractivity contribution is 6.02. The second-order valence-electron chi connectivity index (χ2n) is 7.00. The van der Waals surface area contributed by atoms with Crippen molar-refractivity contribution in [3.05, 3.63) is 77.9 Å². The number of nitrogens with zero attached hydrogens (tertiary/aromatic N) is 3. The number of aryl methyl sites for hydroxylation is 2. The lowest BCUT2D eigenvalue weighted by Crippen LogP contribution is -2.31. The van der Waals surface area contributed by atoms with Gasteiger partial charge in [0.1, 0.15) is 18.5 Å². The summed E-state index contributed by atoms with van der Waals surface area (Å²) in [5.74, 6) is 0.788. The number of carbonyl (C=O) groups is 1. The molecule has 0 radical (unpaired) electrons. The number of para-hydroxylation sites is 2. The molecular weight excluding hydrogens is 350 g/mol. The van der Waals surface area contributed by atoms with E-state index >= 15 is 0 Å². The first-order chi connectivity index (χ1) is 13.7. The third-order valence-electron chi connectivity index (χ3n) is 5.21. The van der Waals surface area contributed by atoms with Crippen LogP contribution in [0.1, 0.15) is 36.9 Å². The van der Waals surface area contributed by atoms with Crippen LogP contribution in [0.2, 0.25) is 0 Å². The highest BCUT2D eigenvalue weighted by atomic mass is 16.5. The van der Waals surface area contributed by atoms with Gasteiger partial charge in [0, 0.05) is 19.0 Å². The van der Waals surface area contributed by atoms with Crippen molar-refractivity contribution < 1.29 is 9.53 Å². The summed E-state index contributed by atoms with van der Waals surface area (Å²) in [4.78, 5) is 19.8. The molecule has 144 valence electrons. The van der Waals surface area contributed by atoms with Crippen molar-refractivity contribution in [2.75, 3.05) is 11.5 Å². The van der Waals surface area contributed by atoms with E-state index in [1.807, 2.05) is 65.9 Å². The first-order valence-electron chi connectivity index (χ1n) is 9.80. The number of benzene rings is 2. The number of rotatable bonds is 5. The first kappa shape index (κ1) is 18.4. The van der Waals surface area contributed by atoms with E-state index in [0.717, 1.165) is 30.0 Å². The normalized spacial score (nSPS) is 14.1. The average molecular weight is 375 g/mol. The van der Waals surface area contributed by atoms with E-state index in [1.165, 1.54) is 11.1 Å². The van der Waals surface area contributed by atoms with Crippen molar-refractivity contribution >= 4 is 17.3 Å². The SMILES string of the molecule is CCOC(C)c1nccn1CC(=O)N1c2ccccc2CCc2ccccc21. The zero-order valence-corrected chi connectivity index (χ0v) is 16.3. The standard InChI is InChI=1S/C23H25N3O2/c1-3-28-17(2)23-24-14-15-25(23)16-22(27)26-20-10-6-4-8-18(20)12-13-19-9-5-7-11-21(19)26/h4-11,14-15,17H,3,12-13,16H2,1-2H3. The third-order valence-corrected chi connectivity index (χ3v) is 5.21.